The minimum Gasteiger partial charge on any atom is -0.394 e. The summed E-state index contributed by atoms with van der Waals surface area (Å²) in [5, 5.41) is 54.4. The predicted molar refractivity (Wildman–Crippen MR) is 267 cm³/mol. The highest BCUT2D eigenvalue weighted by Crippen LogP contribution is 2.23. The van der Waals surface area contributed by atoms with Crippen molar-refractivity contribution in [3.8, 4) is 0 Å². The maximum atomic E-state index is 13.0. The van der Waals surface area contributed by atoms with Crippen molar-refractivity contribution in [2.75, 3.05) is 13.2 Å². The van der Waals surface area contributed by atoms with E-state index in [0.29, 0.717) is 6.42 Å². The number of amides is 1. The molecule has 1 aliphatic heterocycles. The summed E-state index contributed by atoms with van der Waals surface area (Å²) in [6.07, 6.45) is 50.5. The molecular weight excluding hydrogens is 803 g/mol. The van der Waals surface area contributed by atoms with Gasteiger partial charge in [-0.1, -0.05) is 230 Å². The Morgan fingerprint density at radius 2 is 0.922 bits per heavy atom. The van der Waals surface area contributed by atoms with Gasteiger partial charge < -0.3 is 40.3 Å². The molecule has 0 saturated carbocycles. The number of ether oxygens (including phenoxy) is 2. The first-order valence-corrected chi connectivity index (χ1v) is 27.2. The van der Waals surface area contributed by atoms with Crippen LogP contribution < -0.4 is 5.32 Å². The lowest BCUT2D eigenvalue weighted by Gasteiger charge is -2.40. The highest BCUT2D eigenvalue weighted by atomic mass is 16.7. The van der Waals surface area contributed by atoms with Gasteiger partial charge in [0.15, 0.2) is 6.29 Å². The fourth-order valence-corrected chi connectivity index (χ4v) is 8.60. The third-order valence-corrected chi connectivity index (χ3v) is 13.0. The zero-order valence-electron chi connectivity index (χ0n) is 41.5. The molecule has 0 spiro atoms. The lowest BCUT2D eigenvalue weighted by Crippen LogP contribution is -2.60. The van der Waals surface area contributed by atoms with Crippen LogP contribution in [0.25, 0.3) is 0 Å². The third-order valence-electron chi connectivity index (χ3n) is 13.0. The average Bonchev–Trinajstić information content (AvgIpc) is 3.29. The largest absolute Gasteiger partial charge is 0.394 e. The fraction of sp³-hybridized carbons (Fsp3) is 0.873. The maximum Gasteiger partial charge on any atom is 0.220 e. The number of aliphatic hydroxyl groups excluding tert-OH is 5. The first-order valence-electron chi connectivity index (χ1n) is 27.2. The van der Waals surface area contributed by atoms with Crippen LogP contribution in [0.4, 0.5) is 0 Å². The highest BCUT2D eigenvalue weighted by molar-refractivity contribution is 5.76. The summed E-state index contributed by atoms with van der Waals surface area (Å²) in [7, 11) is 0. The minimum atomic E-state index is -1.57. The smallest absolute Gasteiger partial charge is 0.220 e. The Morgan fingerprint density at radius 1 is 0.531 bits per heavy atom. The van der Waals surface area contributed by atoms with Gasteiger partial charge in [-0.3, -0.25) is 4.79 Å². The Bertz CT molecular complexity index is 1100. The van der Waals surface area contributed by atoms with E-state index in [0.717, 1.165) is 44.9 Å². The molecule has 7 unspecified atom stereocenters. The van der Waals surface area contributed by atoms with Crippen LogP contribution in [-0.4, -0.2) is 87.5 Å². The summed E-state index contributed by atoms with van der Waals surface area (Å²) in [5.74, 6) is -0.177. The van der Waals surface area contributed by atoms with Gasteiger partial charge in [0.2, 0.25) is 5.91 Å². The first-order chi connectivity index (χ1) is 31.3. The van der Waals surface area contributed by atoms with E-state index < -0.39 is 49.5 Å². The number of nitrogens with one attached hydrogen (secondary N) is 1. The predicted octanol–water partition coefficient (Wildman–Crippen LogP) is 12.8. The van der Waals surface area contributed by atoms with E-state index in [1.165, 1.54) is 186 Å². The van der Waals surface area contributed by atoms with Crippen LogP contribution in [0.5, 0.6) is 0 Å². The van der Waals surface area contributed by atoms with Crippen molar-refractivity contribution >= 4 is 5.91 Å². The van der Waals surface area contributed by atoms with Gasteiger partial charge in [-0.05, 0) is 51.4 Å². The Labute approximate surface area is 393 Å². The van der Waals surface area contributed by atoms with Crippen molar-refractivity contribution in [2.45, 2.75) is 294 Å². The zero-order chi connectivity index (χ0) is 46.6. The van der Waals surface area contributed by atoms with E-state index in [-0.39, 0.29) is 12.5 Å². The van der Waals surface area contributed by atoms with E-state index in [2.05, 4.69) is 43.5 Å². The number of carbonyl (C=O) groups is 1. The van der Waals surface area contributed by atoms with Gasteiger partial charge in [-0.15, -0.1) is 0 Å². The Hall–Kier alpha value is -1.59. The Morgan fingerprint density at radius 3 is 1.34 bits per heavy atom. The van der Waals surface area contributed by atoms with Gasteiger partial charge in [-0.25, -0.2) is 0 Å². The molecule has 9 nitrogen and oxygen atoms in total. The number of allylic oxidation sites excluding steroid dienone is 5. The fourth-order valence-electron chi connectivity index (χ4n) is 8.60. The number of rotatable bonds is 46. The van der Waals surface area contributed by atoms with E-state index in [9.17, 15) is 30.3 Å². The second-order valence-electron chi connectivity index (χ2n) is 19.0. The molecular formula is C55H103NO8. The Kier molecular flexibility index (Phi) is 42.7. The molecule has 0 aliphatic carbocycles. The SMILES string of the molecule is CCCCCCC/C=C\C/C=C\CCCCCCCCCCCCCC(=O)NC(COC1OC(CO)C(O)C(O)C1O)C(O)/C=C/CCCCCCCCCCCCCCCCCC. The number of hydrogen-bond donors (Lipinski definition) is 6. The molecule has 1 fully saturated rings. The lowest BCUT2D eigenvalue weighted by molar-refractivity contribution is -0.302. The van der Waals surface area contributed by atoms with Gasteiger partial charge in [0.25, 0.3) is 0 Å². The average molecular weight is 906 g/mol. The van der Waals surface area contributed by atoms with Gasteiger partial charge in [0.1, 0.15) is 24.4 Å². The molecule has 0 bridgehead atoms. The molecule has 376 valence electrons. The molecule has 0 aromatic rings. The van der Waals surface area contributed by atoms with Crippen LogP contribution in [0.2, 0.25) is 0 Å². The molecule has 1 aliphatic rings. The highest BCUT2D eigenvalue weighted by Gasteiger charge is 2.44. The van der Waals surface area contributed by atoms with Crippen LogP contribution >= 0.6 is 0 Å². The normalized spacial score (nSPS) is 20.3. The monoisotopic (exact) mass is 906 g/mol. The van der Waals surface area contributed by atoms with Gasteiger partial charge >= 0.3 is 0 Å². The van der Waals surface area contributed by atoms with Crippen LogP contribution in [0.3, 0.4) is 0 Å². The van der Waals surface area contributed by atoms with Gasteiger partial charge in [-0.2, -0.15) is 0 Å². The molecule has 1 heterocycles. The van der Waals surface area contributed by atoms with Gasteiger partial charge in [0, 0.05) is 6.42 Å². The summed E-state index contributed by atoms with van der Waals surface area (Å²) in [4.78, 5) is 13.0. The van der Waals surface area contributed by atoms with E-state index in [4.69, 9.17) is 9.47 Å². The third kappa shape index (κ3) is 34.7. The first kappa shape index (κ1) is 60.4. The molecule has 1 amide bonds. The van der Waals surface area contributed by atoms with Crippen molar-refractivity contribution < 1.29 is 39.8 Å². The number of hydrogen-bond acceptors (Lipinski definition) is 8. The topological polar surface area (TPSA) is 149 Å². The molecule has 0 aromatic carbocycles. The molecule has 7 atom stereocenters. The molecule has 9 heteroatoms. The van der Waals surface area contributed by atoms with Crippen LogP contribution in [-0.2, 0) is 14.3 Å². The lowest BCUT2D eigenvalue weighted by atomic mass is 9.99. The second-order valence-corrected chi connectivity index (χ2v) is 19.0. The van der Waals surface area contributed by atoms with Gasteiger partial charge in [0.05, 0.1) is 25.4 Å². The van der Waals surface area contributed by atoms with Crippen LogP contribution in [0.1, 0.15) is 251 Å². The number of unbranched alkanes of at least 4 members (excludes halogenated alkanes) is 32. The summed E-state index contributed by atoms with van der Waals surface area (Å²) >= 11 is 0. The van der Waals surface area contributed by atoms with Crippen LogP contribution in [0, 0.1) is 0 Å². The standard InChI is InChI=1S/C55H103NO8/c1-3-5-7-9-11-13-15-17-19-21-23-24-25-26-27-29-31-33-35-37-39-41-43-45-51(59)56-48(47-63-55-54(62)53(61)52(60)50(46-57)64-55)49(58)44-42-40-38-36-34-32-30-28-22-20-18-16-14-12-10-8-6-4-2/h15,17,21,23,42,44,48-50,52-55,57-58,60-62H,3-14,16,18-20,22,24-41,43,45-47H2,1-2H3,(H,56,59)/b17-15-,23-21-,44-42+. The van der Waals surface area contributed by atoms with Crippen molar-refractivity contribution in [3.63, 3.8) is 0 Å². The van der Waals surface area contributed by atoms with E-state index in [1.54, 1.807) is 6.08 Å². The molecule has 0 aromatic heterocycles. The summed E-state index contributed by atoms with van der Waals surface area (Å²) in [6, 6.07) is -0.805. The van der Waals surface area contributed by atoms with E-state index >= 15 is 0 Å². The molecule has 64 heavy (non-hydrogen) atoms. The summed E-state index contributed by atoms with van der Waals surface area (Å²) in [5.41, 5.74) is 0. The van der Waals surface area contributed by atoms with Crippen molar-refractivity contribution in [1.82, 2.24) is 5.32 Å². The molecule has 0 radical (unpaired) electrons. The zero-order valence-corrected chi connectivity index (χ0v) is 41.5. The Balaban J connectivity index is 2.26. The molecule has 1 rings (SSSR count). The summed E-state index contributed by atoms with van der Waals surface area (Å²) in [6.45, 7) is 3.79. The molecule has 1 saturated heterocycles. The maximum absolute atomic E-state index is 13.0. The molecule has 6 N–H and O–H groups in total. The number of aliphatic hydroxyl groups is 5. The number of carbonyl (C=O) groups excluding carboxylic acids is 1. The van der Waals surface area contributed by atoms with Crippen molar-refractivity contribution in [1.29, 1.82) is 0 Å². The van der Waals surface area contributed by atoms with E-state index in [1.807, 2.05) is 6.08 Å². The quantitative estimate of drug-likeness (QED) is 0.0261. The van der Waals surface area contributed by atoms with Crippen molar-refractivity contribution in [2.24, 2.45) is 0 Å². The second kappa shape index (κ2) is 45.2. The van der Waals surface area contributed by atoms with Crippen molar-refractivity contribution in [3.05, 3.63) is 36.5 Å². The minimum absolute atomic E-state index is 0.177. The van der Waals surface area contributed by atoms with Crippen LogP contribution in [0.15, 0.2) is 36.5 Å². The summed E-state index contributed by atoms with van der Waals surface area (Å²) < 4.78 is 11.3.